The Balaban J connectivity index is 2.76. The van der Waals surface area contributed by atoms with Crippen LogP contribution in [-0.2, 0) is 0 Å². The first-order valence-corrected chi connectivity index (χ1v) is 5.15. The van der Waals surface area contributed by atoms with E-state index in [2.05, 4.69) is 31.0 Å². The zero-order valence-electron chi connectivity index (χ0n) is 9.32. The number of para-hydroxylation sites is 1. The summed E-state index contributed by atoms with van der Waals surface area (Å²) in [5, 5.41) is 1.09. The summed E-state index contributed by atoms with van der Waals surface area (Å²) in [6.07, 6.45) is 1.80. The molecule has 0 atom stereocenters. The molecule has 0 amide bonds. The van der Waals surface area contributed by atoms with E-state index < -0.39 is 0 Å². The highest BCUT2D eigenvalue weighted by Crippen LogP contribution is 2.29. The molecule has 1 aromatic heterocycles. The van der Waals surface area contributed by atoms with Crippen LogP contribution >= 0.6 is 0 Å². The van der Waals surface area contributed by atoms with E-state index in [1.54, 1.807) is 13.3 Å². The number of methoxy groups -OCH3 is 1. The predicted octanol–water partition coefficient (Wildman–Crippen LogP) is 3.37. The van der Waals surface area contributed by atoms with Gasteiger partial charge in [-0.05, 0) is 23.6 Å². The van der Waals surface area contributed by atoms with Crippen LogP contribution in [0.5, 0.6) is 5.75 Å². The highest BCUT2D eigenvalue weighted by molar-refractivity contribution is 5.87. The predicted molar refractivity (Wildman–Crippen MR) is 62.4 cm³/mol. The average Bonchev–Trinajstić information content (AvgIpc) is 2.27. The second-order valence-electron chi connectivity index (χ2n) is 3.91. The summed E-state index contributed by atoms with van der Waals surface area (Å²) >= 11 is 0. The van der Waals surface area contributed by atoms with Gasteiger partial charge >= 0.3 is 0 Å². The Labute approximate surface area is 89.9 Å². The molecule has 78 valence electrons. The first kappa shape index (κ1) is 9.97. The van der Waals surface area contributed by atoms with Crippen molar-refractivity contribution in [1.82, 2.24) is 4.98 Å². The zero-order valence-corrected chi connectivity index (χ0v) is 9.32. The van der Waals surface area contributed by atoms with Crippen LogP contribution in [0.1, 0.15) is 25.3 Å². The Bertz CT molecular complexity index is 477. The van der Waals surface area contributed by atoms with Crippen LogP contribution in [0.25, 0.3) is 10.9 Å². The number of benzene rings is 1. The fraction of sp³-hybridized carbons (Fsp3) is 0.308. The Morgan fingerprint density at radius 3 is 2.67 bits per heavy atom. The van der Waals surface area contributed by atoms with E-state index in [-0.39, 0.29) is 0 Å². The molecule has 2 aromatic rings. The lowest BCUT2D eigenvalue weighted by Gasteiger charge is -2.10. The molecule has 15 heavy (non-hydrogen) atoms. The summed E-state index contributed by atoms with van der Waals surface area (Å²) in [5.41, 5.74) is 2.32. The Hall–Kier alpha value is -1.57. The summed E-state index contributed by atoms with van der Waals surface area (Å²) in [7, 11) is 1.69. The number of fused-ring (bicyclic) bond motifs is 1. The smallest absolute Gasteiger partial charge is 0.129 e. The number of hydrogen-bond donors (Lipinski definition) is 0. The van der Waals surface area contributed by atoms with Crippen LogP contribution in [0.4, 0.5) is 0 Å². The van der Waals surface area contributed by atoms with Gasteiger partial charge in [0.15, 0.2) is 0 Å². The first-order valence-electron chi connectivity index (χ1n) is 5.15. The third kappa shape index (κ3) is 1.67. The fourth-order valence-corrected chi connectivity index (χ4v) is 1.82. The van der Waals surface area contributed by atoms with E-state index in [1.807, 2.05) is 12.1 Å². The number of pyridine rings is 1. The molecule has 0 fully saturated rings. The van der Waals surface area contributed by atoms with Crippen molar-refractivity contribution in [2.45, 2.75) is 19.8 Å². The molecule has 0 unspecified atom stereocenters. The Morgan fingerprint density at radius 2 is 2.00 bits per heavy atom. The van der Waals surface area contributed by atoms with Crippen molar-refractivity contribution in [1.29, 1.82) is 0 Å². The molecular weight excluding hydrogens is 186 g/mol. The largest absolute Gasteiger partial charge is 0.496 e. The average molecular weight is 201 g/mol. The summed E-state index contributed by atoms with van der Waals surface area (Å²) in [5.74, 6) is 1.37. The Kier molecular flexibility index (Phi) is 2.58. The standard InChI is InChI=1S/C13H15NO/c1-9(2)10-5-4-6-11-12(15-3)7-8-14-13(10)11/h4-9H,1-3H3. The molecule has 2 nitrogen and oxygen atoms in total. The van der Waals surface area contributed by atoms with Crippen LogP contribution in [0, 0.1) is 0 Å². The van der Waals surface area contributed by atoms with Gasteiger partial charge in [0.1, 0.15) is 5.75 Å². The molecule has 2 rings (SSSR count). The number of nitrogens with zero attached hydrogens (tertiary/aromatic N) is 1. The van der Waals surface area contributed by atoms with E-state index in [9.17, 15) is 0 Å². The second kappa shape index (κ2) is 3.89. The van der Waals surface area contributed by atoms with Gasteiger partial charge in [-0.3, -0.25) is 4.98 Å². The molecule has 0 aliphatic carbocycles. The van der Waals surface area contributed by atoms with Gasteiger partial charge in [-0.2, -0.15) is 0 Å². The van der Waals surface area contributed by atoms with Gasteiger partial charge in [-0.15, -0.1) is 0 Å². The van der Waals surface area contributed by atoms with Crippen molar-refractivity contribution in [3.8, 4) is 5.75 Å². The van der Waals surface area contributed by atoms with Gasteiger partial charge in [0.2, 0.25) is 0 Å². The molecule has 1 heterocycles. The molecule has 0 bridgehead atoms. The maximum absolute atomic E-state index is 5.32. The third-order valence-corrected chi connectivity index (χ3v) is 2.60. The highest BCUT2D eigenvalue weighted by atomic mass is 16.5. The van der Waals surface area contributed by atoms with Crippen LogP contribution in [0.3, 0.4) is 0 Å². The number of hydrogen-bond acceptors (Lipinski definition) is 2. The fourth-order valence-electron chi connectivity index (χ4n) is 1.82. The van der Waals surface area contributed by atoms with Crippen molar-refractivity contribution < 1.29 is 4.74 Å². The molecule has 0 radical (unpaired) electrons. The van der Waals surface area contributed by atoms with Crippen LogP contribution < -0.4 is 4.74 Å². The molecule has 0 aliphatic rings. The molecule has 0 aliphatic heterocycles. The molecule has 0 spiro atoms. The minimum Gasteiger partial charge on any atom is -0.496 e. The van der Waals surface area contributed by atoms with E-state index >= 15 is 0 Å². The SMILES string of the molecule is COc1ccnc2c(C(C)C)cccc12. The highest BCUT2D eigenvalue weighted by Gasteiger charge is 2.08. The van der Waals surface area contributed by atoms with Crippen LogP contribution in [-0.4, -0.2) is 12.1 Å². The van der Waals surface area contributed by atoms with E-state index in [0.717, 1.165) is 16.7 Å². The van der Waals surface area contributed by atoms with Gasteiger partial charge < -0.3 is 4.74 Å². The minimum absolute atomic E-state index is 0.480. The van der Waals surface area contributed by atoms with Crippen LogP contribution in [0.15, 0.2) is 30.5 Å². The van der Waals surface area contributed by atoms with Crippen LogP contribution in [0.2, 0.25) is 0 Å². The normalized spacial score (nSPS) is 10.9. The van der Waals surface area contributed by atoms with Crippen molar-refractivity contribution in [2.24, 2.45) is 0 Å². The van der Waals surface area contributed by atoms with Gasteiger partial charge in [-0.1, -0.05) is 26.0 Å². The van der Waals surface area contributed by atoms with E-state index in [4.69, 9.17) is 4.74 Å². The van der Waals surface area contributed by atoms with Crippen molar-refractivity contribution in [2.75, 3.05) is 7.11 Å². The minimum atomic E-state index is 0.480. The Morgan fingerprint density at radius 1 is 1.20 bits per heavy atom. The summed E-state index contributed by atoms with van der Waals surface area (Å²) < 4.78 is 5.32. The van der Waals surface area contributed by atoms with Crippen molar-refractivity contribution in [3.05, 3.63) is 36.0 Å². The lowest BCUT2D eigenvalue weighted by Crippen LogP contribution is -1.93. The monoisotopic (exact) mass is 201 g/mol. The summed E-state index contributed by atoms with van der Waals surface area (Å²) in [4.78, 5) is 4.43. The molecule has 0 saturated heterocycles. The van der Waals surface area contributed by atoms with E-state index in [1.165, 1.54) is 5.56 Å². The molecule has 2 heteroatoms. The maximum Gasteiger partial charge on any atom is 0.129 e. The quantitative estimate of drug-likeness (QED) is 0.743. The number of aromatic nitrogens is 1. The zero-order chi connectivity index (χ0) is 10.8. The summed E-state index contributed by atoms with van der Waals surface area (Å²) in [6, 6.07) is 8.13. The van der Waals surface area contributed by atoms with Gasteiger partial charge in [0, 0.05) is 11.6 Å². The van der Waals surface area contributed by atoms with Gasteiger partial charge in [-0.25, -0.2) is 0 Å². The lowest BCUT2D eigenvalue weighted by molar-refractivity contribution is 0.419. The van der Waals surface area contributed by atoms with Gasteiger partial charge in [0.25, 0.3) is 0 Å². The van der Waals surface area contributed by atoms with E-state index in [0.29, 0.717) is 5.92 Å². The lowest BCUT2D eigenvalue weighted by atomic mass is 9.99. The molecule has 1 aromatic carbocycles. The molecular formula is C13H15NO. The van der Waals surface area contributed by atoms with Gasteiger partial charge in [0.05, 0.1) is 12.6 Å². The topological polar surface area (TPSA) is 22.1 Å². The molecule has 0 saturated carbocycles. The molecule has 0 N–H and O–H groups in total. The maximum atomic E-state index is 5.32. The van der Waals surface area contributed by atoms with Crippen molar-refractivity contribution in [3.63, 3.8) is 0 Å². The first-order chi connectivity index (χ1) is 7.24. The number of ether oxygens (including phenoxy) is 1. The van der Waals surface area contributed by atoms with Crippen molar-refractivity contribution >= 4 is 10.9 Å². The third-order valence-electron chi connectivity index (χ3n) is 2.60. The summed E-state index contributed by atoms with van der Waals surface area (Å²) in [6.45, 7) is 4.35. The number of rotatable bonds is 2. The second-order valence-corrected chi connectivity index (χ2v) is 3.91.